The summed E-state index contributed by atoms with van der Waals surface area (Å²) in [7, 11) is 0. The zero-order chi connectivity index (χ0) is 12.1. The number of aliphatic imine (C=N–C) groups is 1. The van der Waals surface area contributed by atoms with Crippen LogP contribution in [0.1, 0.15) is 18.1 Å². The third-order valence-electron chi connectivity index (χ3n) is 2.54. The predicted molar refractivity (Wildman–Crippen MR) is 68.3 cm³/mol. The van der Waals surface area contributed by atoms with Crippen molar-refractivity contribution in [1.82, 2.24) is 4.98 Å². The van der Waals surface area contributed by atoms with Crippen molar-refractivity contribution in [2.45, 2.75) is 13.5 Å². The van der Waals surface area contributed by atoms with Gasteiger partial charge in [0.05, 0.1) is 6.54 Å². The summed E-state index contributed by atoms with van der Waals surface area (Å²) in [5.41, 5.74) is 2.72. The van der Waals surface area contributed by atoms with Crippen LogP contribution in [-0.4, -0.2) is 15.8 Å². The molecule has 3 nitrogen and oxygen atoms in total. The topological polar surface area (TPSA) is 45.5 Å². The number of hydrogen-bond donors (Lipinski definition) is 1. The van der Waals surface area contributed by atoms with Crippen LogP contribution in [0, 0.1) is 0 Å². The van der Waals surface area contributed by atoms with E-state index in [1.165, 1.54) is 0 Å². The summed E-state index contributed by atoms with van der Waals surface area (Å²) in [6, 6.07) is 11.1. The fourth-order valence-corrected chi connectivity index (χ4v) is 1.56. The van der Waals surface area contributed by atoms with E-state index in [-0.39, 0.29) is 5.75 Å². The van der Waals surface area contributed by atoms with Gasteiger partial charge in [-0.15, -0.1) is 0 Å². The van der Waals surface area contributed by atoms with Gasteiger partial charge in [0.1, 0.15) is 5.75 Å². The predicted octanol–water partition coefficient (Wildman–Crippen LogP) is 2.80. The summed E-state index contributed by atoms with van der Waals surface area (Å²) in [5, 5.41) is 9.69. The molecule has 0 bridgehead atoms. The number of phenols is 1. The number of aromatic hydroxyl groups is 1. The fraction of sp³-hybridized carbons (Fsp3) is 0.143. The highest BCUT2D eigenvalue weighted by Crippen LogP contribution is 2.16. The van der Waals surface area contributed by atoms with Crippen molar-refractivity contribution in [3.05, 3.63) is 59.9 Å². The van der Waals surface area contributed by atoms with Crippen LogP contribution >= 0.6 is 0 Å². The molecule has 1 aromatic heterocycles. The molecule has 2 aromatic rings. The van der Waals surface area contributed by atoms with E-state index in [4.69, 9.17) is 0 Å². The van der Waals surface area contributed by atoms with Crippen LogP contribution in [-0.2, 0) is 6.54 Å². The SMILES string of the molecule is CC(=NCc1ccncc1)c1ccccc1O. The summed E-state index contributed by atoms with van der Waals surface area (Å²) in [6.07, 6.45) is 3.50. The Morgan fingerprint density at radius 2 is 1.88 bits per heavy atom. The zero-order valence-electron chi connectivity index (χ0n) is 9.67. The van der Waals surface area contributed by atoms with E-state index in [9.17, 15) is 5.11 Å². The van der Waals surface area contributed by atoms with Crippen molar-refractivity contribution in [3.8, 4) is 5.75 Å². The molecule has 0 unspecified atom stereocenters. The van der Waals surface area contributed by atoms with Crippen LogP contribution in [0.15, 0.2) is 53.8 Å². The Morgan fingerprint density at radius 1 is 1.18 bits per heavy atom. The van der Waals surface area contributed by atoms with Crippen molar-refractivity contribution in [2.75, 3.05) is 0 Å². The molecule has 0 spiro atoms. The molecule has 0 radical (unpaired) electrons. The van der Waals surface area contributed by atoms with Crippen molar-refractivity contribution in [3.63, 3.8) is 0 Å². The maximum Gasteiger partial charge on any atom is 0.124 e. The molecule has 0 saturated carbocycles. The van der Waals surface area contributed by atoms with Crippen molar-refractivity contribution in [1.29, 1.82) is 0 Å². The highest BCUT2D eigenvalue weighted by atomic mass is 16.3. The van der Waals surface area contributed by atoms with Gasteiger partial charge in [0.25, 0.3) is 0 Å². The highest BCUT2D eigenvalue weighted by Gasteiger charge is 2.02. The Labute approximate surface area is 100 Å². The first-order valence-electron chi connectivity index (χ1n) is 5.45. The average Bonchev–Trinajstić information content (AvgIpc) is 2.38. The number of aromatic nitrogens is 1. The molecule has 3 heteroatoms. The van der Waals surface area contributed by atoms with E-state index in [0.717, 1.165) is 16.8 Å². The van der Waals surface area contributed by atoms with Gasteiger partial charge in [-0.05, 0) is 36.8 Å². The van der Waals surface area contributed by atoms with E-state index in [0.29, 0.717) is 6.54 Å². The molecule has 0 fully saturated rings. The average molecular weight is 226 g/mol. The number of para-hydroxylation sites is 1. The molecule has 0 aliphatic rings. The minimum atomic E-state index is 0.267. The van der Waals surface area contributed by atoms with Crippen molar-refractivity contribution in [2.24, 2.45) is 4.99 Å². The zero-order valence-corrected chi connectivity index (χ0v) is 9.67. The van der Waals surface area contributed by atoms with Gasteiger partial charge in [-0.2, -0.15) is 0 Å². The molecule has 0 atom stereocenters. The van der Waals surface area contributed by atoms with E-state index < -0.39 is 0 Å². The molecule has 2 rings (SSSR count). The number of hydrogen-bond acceptors (Lipinski definition) is 3. The summed E-state index contributed by atoms with van der Waals surface area (Å²) in [5.74, 6) is 0.267. The van der Waals surface area contributed by atoms with Crippen molar-refractivity contribution >= 4 is 5.71 Å². The quantitative estimate of drug-likeness (QED) is 0.818. The maximum atomic E-state index is 9.69. The second kappa shape index (κ2) is 5.25. The van der Waals surface area contributed by atoms with Gasteiger partial charge in [0.2, 0.25) is 0 Å². The van der Waals surface area contributed by atoms with Crippen LogP contribution in [0.5, 0.6) is 5.75 Å². The van der Waals surface area contributed by atoms with E-state index in [2.05, 4.69) is 9.98 Å². The Balaban J connectivity index is 2.16. The van der Waals surface area contributed by atoms with E-state index in [1.807, 2.05) is 31.2 Å². The fourth-order valence-electron chi connectivity index (χ4n) is 1.56. The molecule has 0 amide bonds. The van der Waals surface area contributed by atoms with Crippen LogP contribution in [0.3, 0.4) is 0 Å². The van der Waals surface area contributed by atoms with Crippen LogP contribution in [0.2, 0.25) is 0 Å². The summed E-state index contributed by atoms with van der Waals surface area (Å²) in [6.45, 7) is 2.50. The monoisotopic (exact) mass is 226 g/mol. The smallest absolute Gasteiger partial charge is 0.124 e. The number of rotatable bonds is 3. The number of pyridine rings is 1. The Kier molecular flexibility index (Phi) is 3.50. The van der Waals surface area contributed by atoms with Gasteiger partial charge in [0.15, 0.2) is 0 Å². The van der Waals surface area contributed by atoms with Gasteiger partial charge >= 0.3 is 0 Å². The maximum absolute atomic E-state index is 9.69. The van der Waals surface area contributed by atoms with Crippen LogP contribution < -0.4 is 0 Å². The second-order valence-electron chi connectivity index (χ2n) is 3.77. The molecule has 17 heavy (non-hydrogen) atoms. The molecular weight excluding hydrogens is 212 g/mol. The standard InChI is InChI=1S/C14H14N2O/c1-11(13-4-2-3-5-14(13)17)16-10-12-6-8-15-9-7-12/h2-9,17H,10H2,1H3. The molecule has 0 saturated heterocycles. The Hall–Kier alpha value is -2.16. The minimum Gasteiger partial charge on any atom is -0.507 e. The third kappa shape index (κ3) is 2.91. The lowest BCUT2D eigenvalue weighted by atomic mass is 10.1. The van der Waals surface area contributed by atoms with Gasteiger partial charge in [-0.3, -0.25) is 9.98 Å². The molecular formula is C14H14N2O. The molecule has 1 aromatic carbocycles. The van der Waals surface area contributed by atoms with Crippen LogP contribution in [0.25, 0.3) is 0 Å². The van der Waals surface area contributed by atoms with Crippen molar-refractivity contribution < 1.29 is 5.11 Å². The lowest BCUT2D eigenvalue weighted by molar-refractivity contribution is 0.474. The summed E-state index contributed by atoms with van der Waals surface area (Å²) < 4.78 is 0. The van der Waals surface area contributed by atoms with Gasteiger partial charge < -0.3 is 5.11 Å². The first kappa shape index (κ1) is 11.3. The lowest BCUT2D eigenvalue weighted by Gasteiger charge is -2.03. The highest BCUT2D eigenvalue weighted by molar-refractivity contribution is 6.00. The number of phenolic OH excluding ortho intramolecular Hbond substituents is 1. The van der Waals surface area contributed by atoms with Gasteiger partial charge in [-0.1, -0.05) is 12.1 Å². The first-order chi connectivity index (χ1) is 8.27. The number of nitrogens with zero attached hydrogens (tertiary/aromatic N) is 2. The Bertz CT molecular complexity index is 521. The number of benzene rings is 1. The van der Waals surface area contributed by atoms with Crippen LogP contribution in [0.4, 0.5) is 0 Å². The van der Waals surface area contributed by atoms with Gasteiger partial charge in [-0.25, -0.2) is 0 Å². The summed E-state index contributed by atoms with van der Waals surface area (Å²) >= 11 is 0. The largest absolute Gasteiger partial charge is 0.507 e. The summed E-state index contributed by atoms with van der Waals surface area (Å²) in [4.78, 5) is 8.41. The van der Waals surface area contributed by atoms with Gasteiger partial charge in [0, 0.05) is 23.7 Å². The molecule has 86 valence electrons. The molecule has 0 aliphatic heterocycles. The Morgan fingerprint density at radius 3 is 2.59 bits per heavy atom. The first-order valence-corrected chi connectivity index (χ1v) is 5.45. The van der Waals surface area contributed by atoms with E-state index >= 15 is 0 Å². The normalized spacial score (nSPS) is 11.5. The lowest BCUT2D eigenvalue weighted by Crippen LogP contribution is -1.96. The molecule has 1 heterocycles. The second-order valence-corrected chi connectivity index (χ2v) is 3.77. The van der Waals surface area contributed by atoms with E-state index in [1.54, 1.807) is 24.5 Å². The third-order valence-corrected chi connectivity index (χ3v) is 2.54. The minimum absolute atomic E-state index is 0.267. The molecule has 1 N–H and O–H groups in total. The molecule has 0 aliphatic carbocycles.